The normalized spacial score (nSPS) is 17.2. The van der Waals surface area contributed by atoms with Crippen molar-refractivity contribution in [1.29, 1.82) is 0 Å². The predicted molar refractivity (Wildman–Crippen MR) is 166 cm³/mol. The summed E-state index contributed by atoms with van der Waals surface area (Å²) < 4.78 is 73.7. The molecule has 6 heteroatoms. The number of benzene rings is 3. The van der Waals surface area contributed by atoms with Crippen LogP contribution in [-0.4, -0.2) is 22.1 Å². The zero-order valence-corrected chi connectivity index (χ0v) is 25.3. The van der Waals surface area contributed by atoms with E-state index in [1.807, 2.05) is 60.6 Å². The van der Waals surface area contributed by atoms with Gasteiger partial charge in [-0.15, -0.1) is 23.8 Å². The summed E-state index contributed by atoms with van der Waals surface area (Å²) in [4.78, 5) is 13.5. The van der Waals surface area contributed by atoms with Gasteiger partial charge in [0, 0.05) is 52.0 Å². The SMILES string of the molecule is [2H]C([2H])([2H])C(c1ccc(O)c2nc(-c3[c-]c4c(cc3)N(C)c3ccccc3N4c3ccc(C(C)(C)C)cn3)ccc12)(C([2H])([2H])[2H])C([2H])([2H])[2H].[Pt]. The summed E-state index contributed by atoms with van der Waals surface area (Å²) in [5, 5.41) is 10.8. The molecule has 0 radical (unpaired) electrons. The molecule has 6 rings (SSSR count). The molecule has 1 aliphatic rings. The summed E-state index contributed by atoms with van der Waals surface area (Å²) in [6.45, 7) is -4.04. The Morgan fingerprint density at radius 2 is 1.59 bits per heavy atom. The summed E-state index contributed by atoms with van der Waals surface area (Å²) in [5.74, 6) is 0.305. The van der Waals surface area contributed by atoms with E-state index in [1.165, 1.54) is 12.1 Å². The Balaban J connectivity index is 0.00000486. The van der Waals surface area contributed by atoms with Crippen LogP contribution in [0.25, 0.3) is 22.2 Å². The molecule has 0 unspecified atom stereocenters. The number of aromatic nitrogens is 2. The van der Waals surface area contributed by atoms with Gasteiger partial charge in [-0.3, -0.25) is 4.98 Å². The maximum Gasteiger partial charge on any atom is 0.140 e. The van der Waals surface area contributed by atoms with Crippen molar-refractivity contribution in [3.63, 3.8) is 0 Å². The van der Waals surface area contributed by atoms with Crippen molar-refractivity contribution in [3.05, 3.63) is 96.2 Å². The van der Waals surface area contributed by atoms with Crippen molar-refractivity contribution in [3.8, 4) is 17.0 Å². The number of hydrogen-bond acceptors (Lipinski definition) is 5. The van der Waals surface area contributed by atoms with Crippen LogP contribution in [0, 0.1) is 6.07 Å². The van der Waals surface area contributed by atoms with E-state index in [0.29, 0.717) is 22.8 Å². The number of phenolic OH excluding ortho intramolecular Hbond substituents is 1. The molecule has 41 heavy (non-hydrogen) atoms. The maximum atomic E-state index is 10.9. The number of fused-ring (bicyclic) bond motifs is 3. The summed E-state index contributed by atoms with van der Waals surface area (Å²) in [7, 11) is 1.96. The first-order valence-electron chi connectivity index (χ1n) is 17.5. The largest absolute Gasteiger partial charge is 0.506 e. The monoisotopic (exact) mass is 731 g/mol. The molecule has 0 atom stereocenters. The molecule has 0 bridgehead atoms. The van der Waals surface area contributed by atoms with E-state index in [4.69, 9.17) is 17.3 Å². The third kappa shape index (κ3) is 5.02. The molecule has 3 heterocycles. The first-order valence-corrected chi connectivity index (χ1v) is 13.0. The van der Waals surface area contributed by atoms with E-state index >= 15 is 0 Å². The quantitative estimate of drug-likeness (QED) is 0.184. The molecular weight excluding hydrogens is 687 g/mol. The molecule has 1 aliphatic heterocycles. The van der Waals surface area contributed by atoms with Gasteiger partial charge < -0.3 is 14.9 Å². The number of pyridine rings is 2. The molecule has 5 aromatic rings. The number of para-hydroxylation sites is 2. The van der Waals surface area contributed by atoms with E-state index in [1.54, 1.807) is 0 Å². The van der Waals surface area contributed by atoms with Gasteiger partial charge in [-0.2, -0.15) is 0 Å². The van der Waals surface area contributed by atoms with Gasteiger partial charge in [0.25, 0.3) is 0 Å². The third-order valence-corrected chi connectivity index (χ3v) is 7.33. The van der Waals surface area contributed by atoms with Gasteiger partial charge >= 0.3 is 0 Å². The van der Waals surface area contributed by atoms with Crippen LogP contribution in [0.15, 0.2) is 79.0 Å². The minimum atomic E-state index is -3.47. The number of hydrogen-bond donors (Lipinski definition) is 1. The van der Waals surface area contributed by atoms with Crippen LogP contribution in [0.1, 0.15) is 64.8 Å². The zero-order valence-electron chi connectivity index (χ0n) is 32.1. The molecule has 1 N–H and O–H groups in total. The summed E-state index contributed by atoms with van der Waals surface area (Å²) in [6.07, 6.45) is 1.86. The Hall–Kier alpha value is -3.69. The van der Waals surface area contributed by atoms with Crippen molar-refractivity contribution in [2.24, 2.45) is 0 Å². The Kier molecular flexibility index (Phi) is 4.88. The minimum Gasteiger partial charge on any atom is -0.506 e. The molecule has 212 valence electrons. The molecule has 0 amide bonds. The number of rotatable bonds is 2. The molecule has 3 aromatic carbocycles. The molecule has 2 aromatic heterocycles. The minimum absolute atomic E-state index is 0. The van der Waals surface area contributed by atoms with Crippen molar-refractivity contribution in [2.45, 2.75) is 52.2 Å². The van der Waals surface area contributed by atoms with Gasteiger partial charge in [0.1, 0.15) is 17.1 Å². The van der Waals surface area contributed by atoms with Gasteiger partial charge in [-0.1, -0.05) is 77.7 Å². The Morgan fingerprint density at radius 3 is 2.27 bits per heavy atom. The molecule has 0 aliphatic carbocycles. The van der Waals surface area contributed by atoms with Crippen LogP contribution in [0.4, 0.5) is 28.6 Å². The van der Waals surface area contributed by atoms with E-state index in [9.17, 15) is 5.11 Å². The fourth-order valence-corrected chi connectivity index (χ4v) is 5.13. The van der Waals surface area contributed by atoms with E-state index in [-0.39, 0.29) is 43.1 Å². The Labute approximate surface area is 269 Å². The summed E-state index contributed by atoms with van der Waals surface area (Å²) >= 11 is 0. The smallest absolute Gasteiger partial charge is 0.140 e. The van der Waals surface area contributed by atoms with Crippen LogP contribution >= 0.6 is 0 Å². The average molecular weight is 732 g/mol. The van der Waals surface area contributed by atoms with E-state index < -0.39 is 31.5 Å². The van der Waals surface area contributed by atoms with E-state index in [2.05, 4.69) is 42.8 Å². The molecule has 0 fully saturated rings. The Bertz CT molecular complexity index is 2040. The number of aromatic hydroxyl groups is 1. The number of phenols is 1. The number of nitrogens with zero attached hydrogens (tertiary/aromatic N) is 4. The maximum absolute atomic E-state index is 10.9. The molecule has 0 saturated heterocycles. The number of anilines is 5. The van der Waals surface area contributed by atoms with Gasteiger partial charge in [0.05, 0.1) is 11.4 Å². The van der Waals surface area contributed by atoms with Crippen LogP contribution < -0.4 is 9.80 Å². The standard InChI is InChI=1S/C35H35N4O.Pt/c1-34(2,3)23-13-19-32(36-21-23)39-29-11-9-8-10-27(29)38(7)28-17-12-22(20-30(28)39)26-16-14-24-25(35(4,5)6)15-18-31(40)33(24)37-26;/h8-19,21,40H,1-7H3;/q-1;/i4D3,5D3,6D3;. The first-order chi connectivity index (χ1) is 22.7. The van der Waals surface area contributed by atoms with Crippen molar-refractivity contribution >= 4 is 39.5 Å². The molecular formula is C35H35N4OPt-. The summed E-state index contributed by atoms with van der Waals surface area (Å²) in [6, 6.07) is 24.2. The predicted octanol–water partition coefficient (Wildman–Crippen LogP) is 8.95. The van der Waals surface area contributed by atoms with Crippen molar-refractivity contribution < 1.29 is 38.5 Å². The van der Waals surface area contributed by atoms with Gasteiger partial charge in [0.2, 0.25) is 0 Å². The van der Waals surface area contributed by atoms with Gasteiger partial charge in [-0.05, 0) is 63.3 Å². The van der Waals surface area contributed by atoms with Crippen molar-refractivity contribution in [2.75, 3.05) is 16.8 Å². The van der Waals surface area contributed by atoms with Gasteiger partial charge in [0.15, 0.2) is 0 Å². The second kappa shape index (κ2) is 10.3. The van der Waals surface area contributed by atoms with Crippen LogP contribution in [0.3, 0.4) is 0 Å². The second-order valence-corrected chi connectivity index (χ2v) is 11.1. The second-order valence-electron chi connectivity index (χ2n) is 11.1. The molecule has 5 nitrogen and oxygen atoms in total. The van der Waals surface area contributed by atoms with E-state index in [0.717, 1.165) is 34.8 Å². The summed E-state index contributed by atoms with van der Waals surface area (Å²) in [5.41, 5.74) is 1.34. The van der Waals surface area contributed by atoms with Crippen LogP contribution in [0.5, 0.6) is 5.75 Å². The van der Waals surface area contributed by atoms with Crippen LogP contribution in [-0.2, 0) is 31.9 Å². The van der Waals surface area contributed by atoms with Gasteiger partial charge in [-0.25, -0.2) is 4.98 Å². The third-order valence-electron chi connectivity index (χ3n) is 7.33. The Morgan fingerprint density at radius 1 is 0.829 bits per heavy atom. The molecule has 0 spiro atoms. The topological polar surface area (TPSA) is 52.5 Å². The average Bonchev–Trinajstić information content (AvgIpc) is 3.00. The fraction of sp³-hybridized carbons (Fsp3) is 0.257. The van der Waals surface area contributed by atoms with Crippen molar-refractivity contribution in [1.82, 2.24) is 9.97 Å². The fourth-order valence-electron chi connectivity index (χ4n) is 5.13. The first kappa shape index (κ1) is 19.4. The zero-order chi connectivity index (χ0) is 35.9. The molecule has 0 saturated carbocycles. The van der Waals surface area contributed by atoms with Crippen LogP contribution in [0.2, 0.25) is 0 Å².